The van der Waals surface area contributed by atoms with Crippen molar-refractivity contribution in [2.45, 2.75) is 33.2 Å². The quantitative estimate of drug-likeness (QED) is 0.861. The van der Waals surface area contributed by atoms with Crippen LogP contribution in [0.15, 0.2) is 0 Å². The number of carbonyl (C=O) groups excluding carboxylic acids is 2. The molecule has 0 bridgehead atoms. The third kappa shape index (κ3) is 3.96. The van der Waals surface area contributed by atoms with E-state index in [0.717, 1.165) is 30.0 Å². The molecule has 0 aromatic carbocycles. The number of hydrogen-bond donors (Lipinski definition) is 1. The van der Waals surface area contributed by atoms with E-state index in [2.05, 4.69) is 17.3 Å². The molecule has 0 fully saturated rings. The van der Waals surface area contributed by atoms with E-state index in [1.807, 2.05) is 0 Å². The standard InChI is InChI=1S/C14H20N2O3S.ClH/c1-4-11(17)15-13-12(14(18)19-5-2)9-6-7-16(3)8-10(9)20-13;/h4-8H2,1-3H3,(H,15,17);1H. The van der Waals surface area contributed by atoms with E-state index in [-0.39, 0.29) is 24.3 Å². The van der Waals surface area contributed by atoms with E-state index in [1.54, 1.807) is 13.8 Å². The molecular formula is C14H21ClN2O3S. The van der Waals surface area contributed by atoms with Crippen LogP contribution in [0.25, 0.3) is 0 Å². The van der Waals surface area contributed by atoms with Crippen molar-refractivity contribution < 1.29 is 14.3 Å². The third-order valence-electron chi connectivity index (χ3n) is 3.30. The molecule has 2 heterocycles. The van der Waals surface area contributed by atoms with E-state index >= 15 is 0 Å². The Balaban J connectivity index is 0.00000220. The molecule has 0 saturated heterocycles. The Morgan fingerprint density at radius 2 is 2.10 bits per heavy atom. The number of nitrogens with one attached hydrogen (secondary N) is 1. The van der Waals surface area contributed by atoms with E-state index < -0.39 is 0 Å². The lowest BCUT2D eigenvalue weighted by atomic mass is 10.0. The van der Waals surface area contributed by atoms with Crippen LogP contribution in [0.5, 0.6) is 0 Å². The number of anilines is 1. The van der Waals surface area contributed by atoms with Crippen LogP contribution in [0.4, 0.5) is 5.00 Å². The van der Waals surface area contributed by atoms with E-state index in [4.69, 9.17) is 4.74 Å². The van der Waals surface area contributed by atoms with Crippen LogP contribution in [0, 0.1) is 0 Å². The first-order chi connectivity index (χ1) is 9.56. The normalized spacial score (nSPS) is 14.0. The van der Waals surface area contributed by atoms with E-state index in [1.165, 1.54) is 11.3 Å². The van der Waals surface area contributed by atoms with Gasteiger partial charge in [0.15, 0.2) is 0 Å². The highest BCUT2D eigenvalue weighted by Crippen LogP contribution is 2.37. The van der Waals surface area contributed by atoms with Crippen molar-refractivity contribution in [1.82, 2.24) is 4.90 Å². The fourth-order valence-corrected chi connectivity index (χ4v) is 3.59. The maximum Gasteiger partial charge on any atom is 0.341 e. The molecule has 1 N–H and O–H groups in total. The predicted octanol–water partition coefficient (Wildman–Crippen LogP) is 2.68. The molecule has 7 heteroatoms. The van der Waals surface area contributed by atoms with Gasteiger partial charge in [-0.15, -0.1) is 23.7 Å². The van der Waals surface area contributed by atoms with Crippen LogP contribution in [0.2, 0.25) is 0 Å². The maximum atomic E-state index is 12.2. The summed E-state index contributed by atoms with van der Waals surface area (Å²) < 4.78 is 5.14. The number of likely N-dealkylation sites (N-methyl/N-ethyl adjacent to an activating group) is 1. The summed E-state index contributed by atoms with van der Waals surface area (Å²) in [6.45, 7) is 5.64. The van der Waals surface area contributed by atoms with Gasteiger partial charge in [0.1, 0.15) is 5.00 Å². The van der Waals surface area contributed by atoms with Gasteiger partial charge in [0.25, 0.3) is 0 Å². The number of esters is 1. The van der Waals surface area contributed by atoms with Gasteiger partial charge in [0.05, 0.1) is 12.2 Å². The minimum Gasteiger partial charge on any atom is -0.462 e. The molecule has 21 heavy (non-hydrogen) atoms. The number of hydrogen-bond acceptors (Lipinski definition) is 5. The molecule has 1 aliphatic heterocycles. The smallest absolute Gasteiger partial charge is 0.341 e. The number of amides is 1. The lowest BCUT2D eigenvalue weighted by Gasteiger charge is -2.22. The van der Waals surface area contributed by atoms with Crippen molar-refractivity contribution in [3.05, 3.63) is 16.0 Å². The number of fused-ring (bicyclic) bond motifs is 1. The average molecular weight is 333 g/mol. The summed E-state index contributed by atoms with van der Waals surface area (Å²) in [7, 11) is 2.05. The highest BCUT2D eigenvalue weighted by atomic mass is 35.5. The Kier molecular flexibility index (Phi) is 6.64. The number of halogens is 1. The highest BCUT2D eigenvalue weighted by molar-refractivity contribution is 7.17. The zero-order valence-corrected chi connectivity index (χ0v) is 14.2. The Morgan fingerprint density at radius 3 is 2.71 bits per heavy atom. The van der Waals surface area contributed by atoms with Gasteiger partial charge in [-0.1, -0.05) is 6.92 Å². The Morgan fingerprint density at radius 1 is 1.38 bits per heavy atom. The highest BCUT2D eigenvalue weighted by Gasteiger charge is 2.28. The molecule has 2 rings (SSSR count). The van der Waals surface area contributed by atoms with Crippen molar-refractivity contribution in [3.8, 4) is 0 Å². The van der Waals surface area contributed by atoms with Crippen LogP contribution < -0.4 is 5.32 Å². The van der Waals surface area contributed by atoms with Gasteiger partial charge in [-0.05, 0) is 26.0 Å². The number of thiophene rings is 1. The second kappa shape index (κ2) is 7.77. The molecule has 0 atom stereocenters. The molecule has 0 saturated carbocycles. The second-order valence-corrected chi connectivity index (χ2v) is 5.92. The first-order valence-corrected chi connectivity index (χ1v) is 7.68. The van der Waals surface area contributed by atoms with Gasteiger partial charge in [-0.25, -0.2) is 4.79 Å². The molecule has 0 spiro atoms. The van der Waals surface area contributed by atoms with Crippen molar-refractivity contribution in [1.29, 1.82) is 0 Å². The Labute approximate surface area is 135 Å². The molecule has 1 aromatic heterocycles. The van der Waals surface area contributed by atoms with Crippen LogP contribution in [0.1, 0.15) is 41.1 Å². The second-order valence-electron chi connectivity index (χ2n) is 4.82. The fourth-order valence-electron chi connectivity index (χ4n) is 2.25. The largest absolute Gasteiger partial charge is 0.462 e. The van der Waals surface area contributed by atoms with Gasteiger partial charge in [-0.2, -0.15) is 0 Å². The van der Waals surface area contributed by atoms with Crippen molar-refractivity contribution in [3.63, 3.8) is 0 Å². The summed E-state index contributed by atoms with van der Waals surface area (Å²) in [5, 5.41) is 3.47. The third-order valence-corrected chi connectivity index (χ3v) is 4.43. The van der Waals surface area contributed by atoms with Gasteiger partial charge in [-0.3, -0.25) is 4.79 Å². The molecule has 118 valence electrons. The summed E-state index contributed by atoms with van der Waals surface area (Å²) in [5.41, 5.74) is 1.60. The molecule has 0 radical (unpaired) electrons. The summed E-state index contributed by atoms with van der Waals surface area (Å²) in [4.78, 5) is 27.1. The van der Waals surface area contributed by atoms with Crippen molar-refractivity contribution in [2.24, 2.45) is 0 Å². The molecule has 0 aliphatic carbocycles. The maximum absolute atomic E-state index is 12.2. The molecule has 1 aromatic rings. The molecule has 0 unspecified atom stereocenters. The monoisotopic (exact) mass is 332 g/mol. The number of nitrogens with zero attached hydrogens (tertiary/aromatic N) is 1. The Hall–Kier alpha value is -1.11. The number of rotatable bonds is 4. The molecule has 5 nitrogen and oxygen atoms in total. The first-order valence-electron chi connectivity index (χ1n) is 6.86. The first kappa shape index (κ1) is 17.9. The zero-order chi connectivity index (χ0) is 14.7. The minimum absolute atomic E-state index is 0. The van der Waals surface area contributed by atoms with Crippen LogP contribution in [0.3, 0.4) is 0 Å². The lowest BCUT2D eigenvalue weighted by molar-refractivity contribution is -0.115. The summed E-state index contributed by atoms with van der Waals surface area (Å²) in [5.74, 6) is -0.413. The zero-order valence-electron chi connectivity index (χ0n) is 12.5. The summed E-state index contributed by atoms with van der Waals surface area (Å²) in [6.07, 6.45) is 1.21. The van der Waals surface area contributed by atoms with Crippen molar-refractivity contribution >= 4 is 40.6 Å². The Bertz CT molecular complexity index is 531. The SMILES string of the molecule is CCOC(=O)c1c(NC(=O)CC)sc2c1CCN(C)C2.Cl. The molecule has 1 amide bonds. The van der Waals surface area contributed by atoms with E-state index in [9.17, 15) is 9.59 Å². The van der Waals surface area contributed by atoms with Crippen molar-refractivity contribution in [2.75, 3.05) is 25.5 Å². The molecule has 1 aliphatic rings. The van der Waals surface area contributed by atoms with Crippen LogP contribution in [-0.2, 0) is 22.5 Å². The number of ether oxygens (including phenoxy) is 1. The van der Waals surface area contributed by atoms with Gasteiger partial charge in [0.2, 0.25) is 5.91 Å². The van der Waals surface area contributed by atoms with Gasteiger partial charge >= 0.3 is 5.97 Å². The van der Waals surface area contributed by atoms with E-state index in [0.29, 0.717) is 23.6 Å². The summed E-state index contributed by atoms with van der Waals surface area (Å²) in [6, 6.07) is 0. The minimum atomic E-state index is -0.332. The topological polar surface area (TPSA) is 58.6 Å². The molecular weight excluding hydrogens is 312 g/mol. The van der Waals surface area contributed by atoms with Gasteiger partial charge in [0, 0.05) is 24.4 Å². The number of carbonyl (C=O) groups is 2. The lowest BCUT2D eigenvalue weighted by Crippen LogP contribution is -2.26. The van der Waals surface area contributed by atoms with Crippen LogP contribution >= 0.6 is 23.7 Å². The van der Waals surface area contributed by atoms with Crippen LogP contribution in [-0.4, -0.2) is 37.0 Å². The summed E-state index contributed by atoms with van der Waals surface area (Å²) >= 11 is 1.49. The predicted molar refractivity (Wildman–Crippen MR) is 86.5 cm³/mol. The fraction of sp³-hybridized carbons (Fsp3) is 0.571. The van der Waals surface area contributed by atoms with Gasteiger partial charge < -0.3 is 15.0 Å². The average Bonchev–Trinajstić information content (AvgIpc) is 2.75.